The van der Waals surface area contributed by atoms with Gasteiger partial charge in [0.05, 0.1) is 6.10 Å². The van der Waals surface area contributed by atoms with E-state index in [4.69, 9.17) is 9.47 Å². The smallest absolute Gasteiger partial charge is 0.303 e. The van der Waals surface area contributed by atoms with E-state index in [0.717, 1.165) is 18.4 Å². The lowest BCUT2D eigenvalue weighted by Crippen LogP contribution is -2.67. The molecule has 0 aromatic heterocycles. The van der Waals surface area contributed by atoms with Crippen molar-refractivity contribution < 1.29 is 29.0 Å². The van der Waals surface area contributed by atoms with Gasteiger partial charge in [0.15, 0.2) is 24.1 Å². The number of rotatable bonds is 3. The van der Waals surface area contributed by atoms with Crippen molar-refractivity contribution in [3.8, 4) is 0 Å². The average Bonchev–Trinajstić information content (AvgIpc) is 3.17. The molecule has 32 heavy (non-hydrogen) atoms. The van der Waals surface area contributed by atoms with Crippen molar-refractivity contribution in [2.75, 3.05) is 6.61 Å². The summed E-state index contributed by atoms with van der Waals surface area (Å²) in [7, 11) is 0. The predicted molar refractivity (Wildman–Crippen MR) is 115 cm³/mol. The Balaban J connectivity index is 1.55. The van der Waals surface area contributed by atoms with Crippen LogP contribution in [0.4, 0.5) is 0 Å². The molecule has 8 unspecified atom stereocenters. The Bertz CT molecular complexity index is 983. The molecule has 8 atom stereocenters. The Kier molecular flexibility index (Phi) is 4.55. The minimum atomic E-state index is -1.09. The lowest BCUT2D eigenvalue weighted by Gasteiger charge is -2.59. The van der Waals surface area contributed by atoms with Crippen LogP contribution in [0.2, 0.25) is 0 Å². The largest absolute Gasteiger partial charge is 0.473 e. The molecule has 7 heteroatoms. The number of Topliss-reactive ketones (excluding diaryl/α,β-unsaturated/α-hetero) is 1. The zero-order valence-corrected chi connectivity index (χ0v) is 18.8. The molecule has 7 nitrogen and oxygen atoms in total. The number of esters is 1. The van der Waals surface area contributed by atoms with Crippen LogP contribution in [0.1, 0.15) is 46.5 Å². The molecule has 5 aliphatic rings. The molecule has 0 bridgehead atoms. The number of carbonyl (C=O) groups excluding carboxylic acids is 3. The van der Waals surface area contributed by atoms with Gasteiger partial charge in [-0.15, -0.1) is 0 Å². The number of ketones is 2. The molecule has 4 fully saturated rings. The average molecular weight is 442 g/mol. The molecule has 0 radical (unpaired) electrons. The summed E-state index contributed by atoms with van der Waals surface area (Å²) < 4.78 is 11.1. The van der Waals surface area contributed by atoms with Gasteiger partial charge in [-0.3, -0.25) is 14.4 Å². The molecule has 1 aliphatic heterocycles. The van der Waals surface area contributed by atoms with E-state index in [1.54, 1.807) is 12.2 Å². The van der Waals surface area contributed by atoms with E-state index < -0.39 is 29.1 Å². The second-order valence-electron chi connectivity index (χ2n) is 10.6. The van der Waals surface area contributed by atoms with Crippen molar-refractivity contribution >= 4 is 17.5 Å². The van der Waals surface area contributed by atoms with Crippen LogP contribution in [0.15, 0.2) is 36.3 Å². The van der Waals surface area contributed by atoms with Crippen LogP contribution in [0.5, 0.6) is 0 Å². The van der Waals surface area contributed by atoms with E-state index in [9.17, 15) is 19.5 Å². The Morgan fingerprint density at radius 1 is 1.38 bits per heavy atom. The maximum atomic E-state index is 13.6. The van der Waals surface area contributed by atoms with Gasteiger partial charge in [0.25, 0.3) is 0 Å². The Morgan fingerprint density at radius 2 is 2.12 bits per heavy atom. The summed E-state index contributed by atoms with van der Waals surface area (Å²) >= 11 is 0. The predicted octanol–water partition coefficient (Wildman–Crippen LogP) is 2.21. The third-order valence-corrected chi connectivity index (χ3v) is 9.21. The highest BCUT2D eigenvalue weighted by Gasteiger charge is 2.74. The standard InChI is InChI=1S/C25H31NO6/c1-13-26-25(20(30)12-31-14(2)27)21(32-13)10-18-17-6-5-15-9-16(28)7-8-23(15,3)22(17)19(29)11-24(18,25)4/h7-9,17-19,21-22,26,29H,1,5-6,10-12H2,2-4H3. The third kappa shape index (κ3) is 2.60. The van der Waals surface area contributed by atoms with E-state index in [-0.39, 0.29) is 41.3 Å². The molecule has 0 aromatic carbocycles. The summed E-state index contributed by atoms with van der Waals surface area (Å²) in [6.45, 7) is 9.03. The van der Waals surface area contributed by atoms with Crippen LogP contribution in [0.3, 0.4) is 0 Å². The Morgan fingerprint density at radius 3 is 2.84 bits per heavy atom. The number of ether oxygens (including phenoxy) is 2. The van der Waals surface area contributed by atoms with Gasteiger partial charge in [0.1, 0.15) is 11.6 Å². The van der Waals surface area contributed by atoms with Crippen molar-refractivity contribution in [2.24, 2.45) is 28.6 Å². The summed E-state index contributed by atoms with van der Waals surface area (Å²) in [5.41, 5.74) is -0.968. The highest BCUT2D eigenvalue weighted by molar-refractivity contribution is 6.01. The Labute approximate surface area is 187 Å². The summed E-state index contributed by atoms with van der Waals surface area (Å²) in [5, 5.41) is 14.8. The van der Waals surface area contributed by atoms with E-state index >= 15 is 0 Å². The number of allylic oxidation sites excluding steroid dienone is 4. The molecular weight excluding hydrogens is 410 g/mol. The number of hydrogen-bond donors (Lipinski definition) is 2. The van der Waals surface area contributed by atoms with Gasteiger partial charge in [0.2, 0.25) is 0 Å². The van der Waals surface area contributed by atoms with Crippen molar-refractivity contribution in [3.63, 3.8) is 0 Å². The van der Waals surface area contributed by atoms with Crippen LogP contribution in [0, 0.1) is 28.6 Å². The fraction of sp³-hybridized carbons (Fsp3) is 0.640. The van der Waals surface area contributed by atoms with E-state index in [0.29, 0.717) is 18.7 Å². The molecule has 4 aliphatic carbocycles. The zero-order valence-electron chi connectivity index (χ0n) is 18.8. The van der Waals surface area contributed by atoms with Gasteiger partial charge in [-0.2, -0.15) is 0 Å². The van der Waals surface area contributed by atoms with E-state index in [1.165, 1.54) is 6.92 Å². The van der Waals surface area contributed by atoms with Crippen LogP contribution in [-0.4, -0.2) is 47.0 Å². The number of fused-ring (bicyclic) bond motifs is 7. The lowest BCUT2D eigenvalue weighted by molar-refractivity contribution is -0.156. The molecule has 3 saturated carbocycles. The lowest BCUT2D eigenvalue weighted by atomic mass is 9.46. The van der Waals surface area contributed by atoms with Crippen molar-refractivity contribution in [1.29, 1.82) is 0 Å². The number of aliphatic hydroxyl groups is 1. The number of hydrogen-bond acceptors (Lipinski definition) is 7. The minimum Gasteiger partial charge on any atom is -0.473 e. The van der Waals surface area contributed by atoms with Crippen molar-refractivity contribution in [2.45, 2.75) is 64.2 Å². The van der Waals surface area contributed by atoms with Gasteiger partial charge in [0, 0.05) is 23.7 Å². The number of carbonyl (C=O) groups is 3. The molecule has 0 aromatic rings. The van der Waals surface area contributed by atoms with Gasteiger partial charge >= 0.3 is 5.97 Å². The highest BCUT2D eigenvalue weighted by atomic mass is 16.5. The van der Waals surface area contributed by atoms with Crippen LogP contribution < -0.4 is 5.32 Å². The normalized spacial score (nSPS) is 46.1. The number of nitrogens with one attached hydrogen (secondary N) is 1. The molecule has 5 rings (SSSR count). The van der Waals surface area contributed by atoms with E-state index in [2.05, 4.69) is 25.7 Å². The molecule has 0 spiro atoms. The van der Waals surface area contributed by atoms with Gasteiger partial charge < -0.3 is 19.9 Å². The van der Waals surface area contributed by atoms with Gasteiger partial charge in [-0.1, -0.05) is 25.5 Å². The van der Waals surface area contributed by atoms with E-state index in [1.807, 2.05) is 6.08 Å². The highest BCUT2D eigenvalue weighted by Crippen LogP contribution is 2.68. The van der Waals surface area contributed by atoms with Crippen LogP contribution >= 0.6 is 0 Å². The molecule has 0 amide bonds. The quantitative estimate of drug-likeness (QED) is 0.648. The maximum Gasteiger partial charge on any atom is 0.303 e. The van der Waals surface area contributed by atoms with Crippen molar-refractivity contribution in [1.82, 2.24) is 5.32 Å². The second-order valence-corrected chi connectivity index (χ2v) is 10.6. The first-order chi connectivity index (χ1) is 15.0. The van der Waals surface area contributed by atoms with Crippen LogP contribution in [0.25, 0.3) is 0 Å². The SMILES string of the molecule is C=C1NC2(C(=O)COC(C)=O)C(CC3C4CCC5=CC(=O)C=CC5(C)C4C(O)CC32C)O1. The zero-order chi connectivity index (χ0) is 23.1. The van der Waals surface area contributed by atoms with Crippen LogP contribution in [-0.2, 0) is 23.9 Å². The van der Waals surface area contributed by atoms with Crippen molar-refractivity contribution in [3.05, 3.63) is 36.3 Å². The summed E-state index contributed by atoms with van der Waals surface area (Å²) in [6, 6.07) is 0. The molecular formula is C25H31NO6. The molecule has 1 saturated heterocycles. The van der Waals surface area contributed by atoms with Gasteiger partial charge in [-0.25, -0.2) is 0 Å². The monoisotopic (exact) mass is 441 g/mol. The second kappa shape index (κ2) is 6.80. The fourth-order valence-electron chi connectivity index (χ4n) is 7.97. The van der Waals surface area contributed by atoms with Gasteiger partial charge in [-0.05, 0) is 56.3 Å². The molecule has 1 heterocycles. The first-order valence-corrected chi connectivity index (χ1v) is 11.5. The summed E-state index contributed by atoms with van der Waals surface area (Å²) in [5.74, 6) is -0.126. The molecule has 172 valence electrons. The Hall–Kier alpha value is -2.41. The molecule has 2 N–H and O–H groups in total. The minimum absolute atomic E-state index is 0.00703. The first-order valence-electron chi connectivity index (χ1n) is 11.5. The fourth-order valence-corrected chi connectivity index (χ4v) is 7.97. The maximum absolute atomic E-state index is 13.6. The summed E-state index contributed by atoms with van der Waals surface area (Å²) in [4.78, 5) is 36.9. The number of aliphatic hydroxyl groups excluding tert-OH is 1. The third-order valence-electron chi connectivity index (χ3n) is 9.21. The topological polar surface area (TPSA) is 102 Å². The first kappa shape index (κ1) is 21.4. The summed E-state index contributed by atoms with van der Waals surface area (Å²) in [6.07, 6.45) is 6.98.